The summed E-state index contributed by atoms with van der Waals surface area (Å²) < 4.78 is 0. The van der Waals surface area contributed by atoms with Crippen molar-refractivity contribution in [3.8, 4) is 0 Å². The van der Waals surface area contributed by atoms with Gasteiger partial charge in [-0.05, 0) is 47.3 Å². The molecule has 1 aromatic carbocycles. The molecule has 0 aliphatic heterocycles. The van der Waals surface area contributed by atoms with Crippen LogP contribution in [-0.4, -0.2) is 0 Å². The molecule has 18 heavy (non-hydrogen) atoms. The fourth-order valence-corrected chi connectivity index (χ4v) is 3.34. The second-order valence-electron chi connectivity index (χ2n) is 6.21. The lowest BCUT2D eigenvalue weighted by atomic mass is 9.91. The third-order valence-electron chi connectivity index (χ3n) is 5.03. The summed E-state index contributed by atoms with van der Waals surface area (Å²) in [7, 11) is 0. The van der Waals surface area contributed by atoms with E-state index in [4.69, 9.17) is 0 Å². The number of aryl methyl sites for hydroxylation is 1. The maximum absolute atomic E-state index is 2.49. The van der Waals surface area contributed by atoms with Crippen molar-refractivity contribution in [3.63, 3.8) is 0 Å². The molecule has 1 aliphatic rings. The van der Waals surface area contributed by atoms with E-state index in [0.29, 0.717) is 0 Å². The second-order valence-corrected chi connectivity index (χ2v) is 6.21. The highest BCUT2D eigenvalue weighted by atomic mass is 14.4. The molecular formula is C18H28. The van der Waals surface area contributed by atoms with Crippen molar-refractivity contribution < 1.29 is 0 Å². The molecular weight excluding hydrogens is 216 g/mol. The molecule has 0 heterocycles. The molecule has 0 bridgehead atoms. The third-order valence-corrected chi connectivity index (χ3v) is 5.03. The van der Waals surface area contributed by atoms with Crippen molar-refractivity contribution in [1.82, 2.24) is 0 Å². The normalized spacial score (nSPS) is 26.3. The second kappa shape index (κ2) is 5.91. The summed E-state index contributed by atoms with van der Waals surface area (Å²) in [5.41, 5.74) is 4.79. The maximum atomic E-state index is 2.49. The van der Waals surface area contributed by atoms with Gasteiger partial charge in [-0.2, -0.15) is 0 Å². The topological polar surface area (TPSA) is 0 Å². The largest absolute Gasteiger partial charge is 0.0654 e. The van der Waals surface area contributed by atoms with E-state index < -0.39 is 0 Å². The van der Waals surface area contributed by atoms with Crippen molar-refractivity contribution in [2.24, 2.45) is 5.92 Å². The number of hydrogen-bond donors (Lipinski definition) is 0. The van der Waals surface area contributed by atoms with Gasteiger partial charge in [-0.3, -0.25) is 0 Å². The first-order valence-electron chi connectivity index (χ1n) is 7.77. The number of unbranched alkanes of at least 4 members (excludes halogenated alkanes) is 3. The molecule has 100 valence electrons. The number of benzene rings is 1. The van der Waals surface area contributed by atoms with Crippen LogP contribution in [0.1, 0.15) is 81.9 Å². The van der Waals surface area contributed by atoms with Crippen LogP contribution in [0.4, 0.5) is 0 Å². The monoisotopic (exact) mass is 244 g/mol. The first kappa shape index (κ1) is 13.6. The molecule has 0 heteroatoms. The summed E-state index contributed by atoms with van der Waals surface area (Å²) in [5.74, 6) is 2.28. The summed E-state index contributed by atoms with van der Waals surface area (Å²) in [5, 5.41) is 0. The Balaban J connectivity index is 2.04. The highest BCUT2D eigenvalue weighted by Gasteiger charge is 2.31. The SMILES string of the molecule is CCCCCCc1ccc2c(c1)C(C)C(C)C2C. The van der Waals surface area contributed by atoms with Crippen molar-refractivity contribution >= 4 is 0 Å². The molecule has 0 aromatic heterocycles. The minimum Gasteiger partial charge on any atom is -0.0654 e. The van der Waals surface area contributed by atoms with Crippen LogP contribution in [0.2, 0.25) is 0 Å². The Kier molecular flexibility index (Phi) is 4.48. The van der Waals surface area contributed by atoms with E-state index in [-0.39, 0.29) is 0 Å². The Hall–Kier alpha value is -0.780. The van der Waals surface area contributed by atoms with E-state index in [9.17, 15) is 0 Å². The fourth-order valence-electron chi connectivity index (χ4n) is 3.34. The lowest BCUT2D eigenvalue weighted by Crippen LogP contribution is -2.01. The van der Waals surface area contributed by atoms with Gasteiger partial charge in [0.1, 0.15) is 0 Å². The molecule has 0 amide bonds. The van der Waals surface area contributed by atoms with Crippen LogP contribution >= 0.6 is 0 Å². The highest BCUT2D eigenvalue weighted by molar-refractivity contribution is 5.41. The van der Waals surface area contributed by atoms with Crippen molar-refractivity contribution in [3.05, 3.63) is 34.9 Å². The lowest BCUT2D eigenvalue weighted by Gasteiger charge is -2.13. The Morgan fingerprint density at radius 3 is 2.33 bits per heavy atom. The molecule has 0 radical (unpaired) electrons. The fraction of sp³-hybridized carbons (Fsp3) is 0.667. The molecule has 1 aliphatic carbocycles. The summed E-state index contributed by atoms with van der Waals surface area (Å²) in [6.07, 6.45) is 6.72. The van der Waals surface area contributed by atoms with Gasteiger partial charge in [0.25, 0.3) is 0 Å². The molecule has 1 aromatic rings. The van der Waals surface area contributed by atoms with Gasteiger partial charge in [-0.15, -0.1) is 0 Å². The zero-order valence-corrected chi connectivity index (χ0v) is 12.5. The van der Waals surface area contributed by atoms with Crippen LogP contribution in [0.3, 0.4) is 0 Å². The minimum atomic E-state index is 0.740. The molecule has 0 saturated carbocycles. The molecule has 3 unspecified atom stereocenters. The summed E-state index contributed by atoms with van der Waals surface area (Å²) in [6, 6.07) is 7.26. The lowest BCUT2D eigenvalue weighted by molar-refractivity contribution is 0.464. The van der Waals surface area contributed by atoms with E-state index in [1.807, 2.05) is 0 Å². The number of hydrogen-bond acceptors (Lipinski definition) is 0. The van der Waals surface area contributed by atoms with Gasteiger partial charge in [0.05, 0.1) is 0 Å². The number of rotatable bonds is 5. The standard InChI is InChI=1S/C18H28/c1-5-6-7-8-9-16-10-11-17-14(3)13(2)15(4)18(17)12-16/h10-15H,5-9H2,1-4H3. The van der Waals surface area contributed by atoms with Crippen LogP contribution in [0.25, 0.3) is 0 Å². The van der Waals surface area contributed by atoms with Gasteiger partial charge >= 0.3 is 0 Å². The van der Waals surface area contributed by atoms with Gasteiger partial charge in [0.2, 0.25) is 0 Å². The molecule has 0 saturated heterocycles. The first-order valence-corrected chi connectivity index (χ1v) is 7.77. The van der Waals surface area contributed by atoms with Gasteiger partial charge in [-0.25, -0.2) is 0 Å². The van der Waals surface area contributed by atoms with E-state index in [1.165, 1.54) is 32.1 Å². The van der Waals surface area contributed by atoms with Crippen molar-refractivity contribution in [2.75, 3.05) is 0 Å². The molecule has 2 rings (SSSR count). The Labute approximate surface area is 113 Å². The Morgan fingerprint density at radius 2 is 1.61 bits per heavy atom. The smallest absolute Gasteiger partial charge is 0.0156 e. The molecule has 3 atom stereocenters. The predicted molar refractivity (Wildman–Crippen MR) is 80.3 cm³/mol. The maximum Gasteiger partial charge on any atom is -0.0156 e. The summed E-state index contributed by atoms with van der Waals surface area (Å²) >= 11 is 0. The molecule has 0 nitrogen and oxygen atoms in total. The Morgan fingerprint density at radius 1 is 0.889 bits per heavy atom. The quantitative estimate of drug-likeness (QED) is 0.586. The van der Waals surface area contributed by atoms with Gasteiger partial charge in [-0.1, -0.05) is 65.2 Å². The van der Waals surface area contributed by atoms with Gasteiger partial charge < -0.3 is 0 Å². The van der Waals surface area contributed by atoms with E-state index in [0.717, 1.165) is 17.8 Å². The highest BCUT2D eigenvalue weighted by Crippen LogP contribution is 2.45. The first-order chi connectivity index (χ1) is 8.65. The van der Waals surface area contributed by atoms with E-state index >= 15 is 0 Å². The van der Waals surface area contributed by atoms with Crippen LogP contribution in [0, 0.1) is 5.92 Å². The minimum absolute atomic E-state index is 0.740. The van der Waals surface area contributed by atoms with Gasteiger partial charge in [0.15, 0.2) is 0 Å². The average molecular weight is 244 g/mol. The molecule has 0 N–H and O–H groups in total. The molecule has 0 spiro atoms. The van der Waals surface area contributed by atoms with Crippen LogP contribution in [-0.2, 0) is 6.42 Å². The zero-order chi connectivity index (χ0) is 13.1. The predicted octanol–water partition coefficient (Wildman–Crippen LogP) is 5.67. The molecule has 0 fully saturated rings. The Bertz CT molecular complexity index is 391. The average Bonchev–Trinajstić information content (AvgIpc) is 2.60. The summed E-state index contributed by atoms with van der Waals surface area (Å²) in [6.45, 7) is 9.46. The van der Waals surface area contributed by atoms with E-state index in [1.54, 1.807) is 16.7 Å². The van der Waals surface area contributed by atoms with Crippen LogP contribution < -0.4 is 0 Å². The van der Waals surface area contributed by atoms with Crippen molar-refractivity contribution in [2.45, 2.75) is 71.6 Å². The summed E-state index contributed by atoms with van der Waals surface area (Å²) in [4.78, 5) is 0. The van der Waals surface area contributed by atoms with Crippen molar-refractivity contribution in [1.29, 1.82) is 0 Å². The third kappa shape index (κ3) is 2.63. The van der Waals surface area contributed by atoms with Crippen LogP contribution in [0.15, 0.2) is 18.2 Å². The van der Waals surface area contributed by atoms with Crippen LogP contribution in [0.5, 0.6) is 0 Å². The number of fused-ring (bicyclic) bond motifs is 1. The van der Waals surface area contributed by atoms with Gasteiger partial charge in [0, 0.05) is 0 Å². The zero-order valence-electron chi connectivity index (χ0n) is 12.5. The van der Waals surface area contributed by atoms with E-state index in [2.05, 4.69) is 45.9 Å².